The van der Waals surface area contributed by atoms with Gasteiger partial charge in [0.15, 0.2) is 0 Å². The summed E-state index contributed by atoms with van der Waals surface area (Å²) in [6.45, 7) is 1.67. The van der Waals surface area contributed by atoms with Crippen molar-refractivity contribution in [3.05, 3.63) is 28.2 Å². The van der Waals surface area contributed by atoms with Crippen molar-refractivity contribution in [3.8, 4) is 0 Å². The summed E-state index contributed by atoms with van der Waals surface area (Å²) in [5.74, 6) is -1.85. The number of halogens is 1. The lowest BCUT2D eigenvalue weighted by molar-refractivity contribution is -0.142. The molecular weight excluding hydrogens is 302 g/mol. The summed E-state index contributed by atoms with van der Waals surface area (Å²) in [5.41, 5.74) is 0.735. The topological polar surface area (TPSA) is 63.7 Å². The number of rotatable bonds is 3. The van der Waals surface area contributed by atoms with Crippen LogP contribution in [0.3, 0.4) is 0 Å². The van der Waals surface area contributed by atoms with E-state index < -0.39 is 17.7 Å². The van der Waals surface area contributed by atoms with Crippen LogP contribution in [-0.2, 0) is 14.3 Å². The van der Waals surface area contributed by atoms with Gasteiger partial charge in [-0.3, -0.25) is 19.3 Å². The summed E-state index contributed by atoms with van der Waals surface area (Å²) < 4.78 is 5.32. The maximum absolute atomic E-state index is 11.8. The van der Waals surface area contributed by atoms with E-state index in [-0.39, 0.29) is 13.2 Å². The molecule has 0 unspecified atom stereocenters. The second-order valence-electron chi connectivity index (χ2n) is 3.66. The van der Waals surface area contributed by atoms with Crippen molar-refractivity contribution in [2.45, 2.75) is 6.92 Å². The van der Waals surface area contributed by atoms with Crippen molar-refractivity contribution < 1.29 is 19.1 Å². The van der Waals surface area contributed by atoms with E-state index >= 15 is 0 Å². The molecule has 0 aromatic heterocycles. The minimum Gasteiger partial charge on any atom is -0.465 e. The van der Waals surface area contributed by atoms with Crippen LogP contribution in [0.25, 0.3) is 0 Å². The van der Waals surface area contributed by atoms with E-state index in [2.05, 4.69) is 15.9 Å². The predicted molar refractivity (Wildman–Crippen MR) is 67.5 cm³/mol. The molecule has 0 atom stereocenters. The highest BCUT2D eigenvalue weighted by Gasteiger charge is 2.38. The first kappa shape index (κ1) is 12.8. The number of carbonyl (C=O) groups excluding carboxylic acids is 3. The zero-order valence-electron chi connectivity index (χ0n) is 9.60. The molecule has 0 spiro atoms. The van der Waals surface area contributed by atoms with Gasteiger partial charge in [-0.1, -0.05) is 6.07 Å². The van der Waals surface area contributed by atoms with Crippen LogP contribution in [0.4, 0.5) is 5.69 Å². The summed E-state index contributed by atoms with van der Waals surface area (Å²) in [7, 11) is 0. The van der Waals surface area contributed by atoms with Crippen LogP contribution >= 0.6 is 15.9 Å². The Morgan fingerprint density at radius 1 is 1.39 bits per heavy atom. The molecule has 0 radical (unpaired) electrons. The van der Waals surface area contributed by atoms with Gasteiger partial charge < -0.3 is 4.74 Å². The summed E-state index contributed by atoms with van der Waals surface area (Å²) in [6, 6.07) is 5.01. The van der Waals surface area contributed by atoms with E-state index in [1.54, 1.807) is 25.1 Å². The van der Waals surface area contributed by atoms with Gasteiger partial charge in [-0.15, -0.1) is 0 Å². The smallest absolute Gasteiger partial charge is 0.326 e. The third-order valence-corrected chi connectivity index (χ3v) is 3.20. The van der Waals surface area contributed by atoms with Gasteiger partial charge in [-0.25, -0.2) is 0 Å². The molecule has 1 aliphatic rings. The number of ketones is 1. The number of hydrogen-bond donors (Lipinski definition) is 0. The average molecular weight is 312 g/mol. The van der Waals surface area contributed by atoms with E-state index in [9.17, 15) is 14.4 Å². The molecule has 0 saturated carbocycles. The number of carbonyl (C=O) groups is 3. The Morgan fingerprint density at radius 3 is 2.78 bits per heavy atom. The Balaban J connectivity index is 2.35. The normalized spacial score (nSPS) is 13.8. The molecule has 0 saturated heterocycles. The van der Waals surface area contributed by atoms with E-state index in [0.29, 0.717) is 15.7 Å². The molecule has 1 aromatic carbocycles. The van der Waals surface area contributed by atoms with Crippen molar-refractivity contribution >= 4 is 39.3 Å². The zero-order chi connectivity index (χ0) is 13.3. The van der Waals surface area contributed by atoms with Crippen molar-refractivity contribution in [2.75, 3.05) is 18.1 Å². The third kappa shape index (κ3) is 2.03. The zero-order valence-corrected chi connectivity index (χ0v) is 11.2. The minimum absolute atomic E-state index is 0.236. The molecule has 0 bridgehead atoms. The quantitative estimate of drug-likeness (QED) is 0.627. The molecule has 0 aliphatic carbocycles. The molecule has 18 heavy (non-hydrogen) atoms. The highest BCUT2D eigenvalue weighted by atomic mass is 79.9. The Kier molecular flexibility index (Phi) is 3.47. The van der Waals surface area contributed by atoms with E-state index in [1.807, 2.05) is 0 Å². The predicted octanol–water partition coefficient (Wildman–Crippen LogP) is 1.54. The molecule has 2 rings (SSSR count). The second kappa shape index (κ2) is 4.89. The molecule has 0 N–H and O–H groups in total. The average Bonchev–Trinajstić information content (AvgIpc) is 2.56. The molecule has 94 valence electrons. The van der Waals surface area contributed by atoms with Gasteiger partial charge in [0.1, 0.15) is 6.54 Å². The largest absolute Gasteiger partial charge is 0.465 e. The van der Waals surface area contributed by atoms with Crippen LogP contribution < -0.4 is 4.90 Å². The summed E-state index contributed by atoms with van der Waals surface area (Å²) in [4.78, 5) is 36.1. The fourth-order valence-electron chi connectivity index (χ4n) is 1.79. The number of anilines is 1. The molecule has 1 amide bonds. The molecule has 1 aliphatic heterocycles. The first-order chi connectivity index (χ1) is 8.56. The third-order valence-electron chi connectivity index (χ3n) is 2.54. The van der Waals surface area contributed by atoms with E-state index in [1.165, 1.54) is 0 Å². The number of amides is 1. The maximum atomic E-state index is 11.8. The van der Waals surface area contributed by atoms with E-state index in [4.69, 9.17) is 4.74 Å². The number of benzene rings is 1. The van der Waals surface area contributed by atoms with Gasteiger partial charge >= 0.3 is 5.97 Å². The fourth-order valence-corrected chi connectivity index (χ4v) is 2.33. The Bertz CT molecular complexity index is 541. The van der Waals surface area contributed by atoms with Crippen LogP contribution in [-0.4, -0.2) is 30.8 Å². The van der Waals surface area contributed by atoms with Crippen molar-refractivity contribution in [1.82, 2.24) is 0 Å². The van der Waals surface area contributed by atoms with Crippen molar-refractivity contribution in [2.24, 2.45) is 0 Å². The van der Waals surface area contributed by atoms with Crippen LogP contribution in [0.15, 0.2) is 22.7 Å². The van der Waals surface area contributed by atoms with E-state index in [0.717, 1.165) is 4.90 Å². The number of Topliss-reactive ketones (excluding diaryl/α,β-unsaturated/α-hetero) is 1. The molecule has 1 aromatic rings. The lowest BCUT2D eigenvalue weighted by atomic mass is 10.1. The number of ether oxygens (including phenoxy) is 1. The van der Waals surface area contributed by atoms with Gasteiger partial charge in [0.2, 0.25) is 0 Å². The summed E-state index contributed by atoms with van der Waals surface area (Å²) in [5, 5.41) is 0. The first-order valence-electron chi connectivity index (χ1n) is 5.36. The van der Waals surface area contributed by atoms with Crippen LogP contribution in [0.5, 0.6) is 0 Å². The molecule has 6 heteroatoms. The molecular formula is C12H10BrNO4. The van der Waals surface area contributed by atoms with Crippen LogP contribution in [0.2, 0.25) is 0 Å². The van der Waals surface area contributed by atoms with Gasteiger partial charge in [0.05, 0.1) is 17.9 Å². The Labute approximate surface area is 112 Å². The molecule has 1 heterocycles. The Morgan fingerprint density at radius 2 is 2.11 bits per heavy atom. The van der Waals surface area contributed by atoms with Gasteiger partial charge in [0, 0.05) is 4.47 Å². The van der Waals surface area contributed by atoms with Gasteiger partial charge in [0.25, 0.3) is 11.7 Å². The summed E-state index contributed by atoms with van der Waals surface area (Å²) >= 11 is 3.22. The molecule has 5 nitrogen and oxygen atoms in total. The highest BCUT2D eigenvalue weighted by Crippen LogP contribution is 2.33. The van der Waals surface area contributed by atoms with Crippen molar-refractivity contribution in [1.29, 1.82) is 0 Å². The molecule has 0 fully saturated rings. The lowest BCUT2D eigenvalue weighted by Gasteiger charge is -2.15. The second-order valence-corrected chi connectivity index (χ2v) is 4.51. The lowest BCUT2D eigenvalue weighted by Crippen LogP contribution is -2.35. The Hall–Kier alpha value is -1.69. The summed E-state index contributed by atoms with van der Waals surface area (Å²) in [6.07, 6.45) is 0. The van der Waals surface area contributed by atoms with Crippen molar-refractivity contribution in [3.63, 3.8) is 0 Å². The number of nitrogens with zero attached hydrogens (tertiary/aromatic N) is 1. The van der Waals surface area contributed by atoms with Crippen LogP contribution in [0, 0.1) is 0 Å². The first-order valence-corrected chi connectivity index (χ1v) is 6.16. The minimum atomic E-state index is -0.704. The van der Waals surface area contributed by atoms with Gasteiger partial charge in [-0.05, 0) is 35.0 Å². The van der Waals surface area contributed by atoms with Gasteiger partial charge in [-0.2, -0.15) is 0 Å². The monoisotopic (exact) mass is 311 g/mol. The number of fused-ring (bicyclic) bond motifs is 1. The number of hydrogen-bond acceptors (Lipinski definition) is 4. The van der Waals surface area contributed by atoms with Crippen LogP contribution in [0.1, 0.15) is 17.3 Å². The SMILES string of the molecule is CCOC(=O)CN1C(=O)C(=O)c2c(Br)cccc21. The standard InChI is InChI=1S/C12H10BrNO4/c1-2-18-9(15)6-14-8-5-3-4-7(13)10(8)11(16)12(14)17/h3-5H,2,6H2,1H3. The number of esters is 1. The fraction of sp³-hybridized carbons (Fsp3) is 0.250. The maximum Gasteiger partial charge on any atom is 0.326 e. The highest BCUT2D eigenvalue weighted by molar-refractivity contribution is 9.10.